The molecular formula is C17H18N4O4. The van der Waals surface area contributed by atoms with Crippen molar-refractivity contribution in [1.29, 1.82) is 0 Å². The number of carbonyl (C=O) groups excluding carboxylic acids is 2. The Morgan fingerprint density at radius 3 is 2.40 bits per heavy atom. The van der Waals surface area contributed by atoms with E-state index in [1.165, 1.54) is 6.07 Å². The Hall–Kier alpha value is -3.42. The van der Waals surface area contributed by atoms with Crippen LogP contribution >= 0.6 is 0 Å². The molecule has 0 unspecified atom stereocenters. The highest BCUT2D eigenvalue weighted by Crippen LogP contribution is 2.24. The minimum atomic E-state index is -0.464. The molecule has 0 bridgehead atoms. The number of nitrogens with zero attached hydrogens (tertiary/aromatic N) is 1. The Kier molecular flexibility index (Phi) is 5.67. The largest absolute Gasteiger partial charge is 0.376 e. The topological polar surface area (TPSA) is 113 Å². The molecule has 0 aromatic heterocycles. The van der Waals surface area contributed by atoms with E-state index < -0.39 is 4.92 Å². The van der Waals surface area contributed by atoms with E-state index in [2.05, 4.69) is 16.0 Å². The van der Waals surface area contributed by atoms with Gasteiger partial charge in [0.15, 0.2) is 0 Å². The van der Waals surface area contributed by atoms with Crippen LogP contribution in [0, 0.1) is 17.0 Å². The standard InChI is InChI=1S/C17H18N4O4/c1-11-14(4-3-5-15(11)21(24)25)19-10-16(22)20-13-8-6-12(7-9-13)17(23)18-2/h3-9,19H,10H2,1-2H3,(H,18,23)(H,20,22). The van der Waals surface area contributed by atoms with Crippen molar-refractivity contribution < 1.29 is 14.5 Å². The number of nitrogens with one attached hydrogen (secondary N) is 3. The smallest absolute Gasteiger partial charge is 0.274 e. The zero-order chi connectivity index (χ0) is 18.4. The van der Waals surface area contributed by atoms with Gasteiger partial charge in [0, 0.05) is 35.6 Å². The number of amides is 2. The Balaban J connectivity index is 1.96. The van der Waals surface area contributed by atoms with Crippen LogP contribution in [-0.2, 0) is 4.79 Å². The van der Waals surface area contributed by atoms with Crippen LogP contribution in [0.25, 0.3) is 0 Å². The third kappa shape index (κ3) is 4.54. The summed E-state index contributed by atoms with van der Waals surface area (Å²) < 4.78 is 0. The summed E-state index contributed by atoms with van der Waals surface area (Å²) in [5.74, 6) is -0.515. The van der Waals surface area contributed by atoms with Gasteiger partial charge >= 0.3 is 0 Å². The molecule has 0 radical (unpaired) electrons. The number of benzene rings is 2. The molecular weight excluding hydrogens is 324 g/mol. The number of hydrogen-bond acceptors (Lipinski definition) is 5. The van der Waals surface area contributed by atoms with Gasteiger partial charge in [-0.3, -0.25) is 19.7 Å². The fourth-order valence-electron chi connectivity index (χ4n) is 2.24. The molecule has 0 aliphatic carbocycles. The summed E-state index contributed by atoms with van der Waals surface area (Å²) in [5.41, 5.74) is 2.03. The molecule has 0 saturated heterocycles. The molecule has 0 fully saturated rings. The van der Waals surface area contributed by atoms with E-state index in [-0.39, 0.29) is 24.0 Å². The maximum absolute atomic E-state index is 12.0. The molecule has 3 N–H and O–H groups in total. The summed E-state index contributed by atoms with van der Waals surface area (Å²) in [4.78, 5) is 33.9. The first-order valence-electron chi connectivity index (χ1n) is 7.52. The van der Waals surface area contributed by atoms with Crippen molar-refractivity contribution in [2.45, 2.75) is 6.92 Å². The van der Waals surface area contributed by atoms with Gasteiger partial charge in [0.05, 0.1) is 11.5 Å². The Labute approximate surface area is 144 Å². The number of nitro groups is 1. The van der Waals surface area contributed by atoms with Crippen LogP contribution in [-0.4, -0.2) is 30.3 Å². The highest BCUT2D eigenvalue weighted by Gasteiger charge is 2.13. The van der Waals surface area contributed by atoms with Crippen molar-refractivity contribution in [2.24, 2.45) is 0 Å². The van der Waals surface area contributed by atoms with Crippen LogP contribution in [0.5, 0.6) is 0 Å². The lowest BCUT2D eigenvalue weighted by Gasteiger charge is -2.10. The van der Waals surface area contributed by atoms with Gasteiger partial charge in [-0.05, 0) is 37.3 Å². The SMILES string of the molecule is CNC(=O)c1ccc(NC(=O)CNc2cccc([N+](=O)[O-])c2C)cc1. The monoisotopic (exact) mass is 342 g/mol. The summed E-state index contributed by atoms with van der Waals surface area (Å²) in [6.07, 6.45) is 0. The molecule has 130 valence electrons. The molecule has 0 atom stereocenters. The van der Waals surface area contributed by atoms with Gasteiger partial charge in [0.25, 0.3) is 11.6 Å². The van der Waals surface area contributed by atoms with Gasteiger partial charge < -0.3 is 16.0 Å². The summed E-state index contributed by atoms with van der Waals surface area (Å²) in [7, 11) is 1.54. The molecule has 8 nitrogen and oxygen atoms in total. The third-order valence-electron chi connectivity index (χ3n) is 3.60. The van der Waals surface area contributed by atoms with E-state index >= 15 is 0 Å². The molecule has 0 heterocycles. The summed E-state index contributed by atoms with van der Waals surface area (Å²) in [5, 5.41) is 19.0. The second kappa shape index (κ2) is 7.91. The van der Waals surface area contributed by atoms with Crippen LogP contribution in [0.2, 0.25) is 0 Å². The first-order chi connectivity index (χ1) is 11.9. The molecule has 0 aliphatic heterocycles. The molecule has 2 aromatic rings. The average Bonchev–Trinajstić information content (AvgIpc) is 2.60. The minimum absolute atomic E-state index is 0.00445. The van der Waals surface area contributed by atoms with Crippen molar-refractivity contribution >= 4 is 28.9 Å². The van der Waals surface area contributed by atoms with E-state index in [9.17, 15) is 19.7 Å². The maximum atomic E-state index is 12.0. The van der Waals surface area contributed by atoms with Crippen LogP contribution in [0.15, 0.2) is 42.5 Å². The molecule has 0 aliphatic rings. The van der Waals surface area contributed by atoms with Crippen molar-refractivity contribution in [1.82, 2.24) is 5.32 Å². The Morgan fingerprint density at radius 2 is 1.80 bits per heavy atom. The normalized spacial score (nSPS) is 10.0. The zero-order valence-corrected chi connectivity index (χ0v) is 13.8. The summed E-state index contributed by atoms with van der Waals surface area (Å²) in [6, 6.07) is 11.1. The highest BCUT2D eigenvalue weighted by atomic mass is 16.6. The predicted molar refractivity (Wildman–Crippen MR) is 94.8 cm³/mol. The van der Waals surface area contributed by atoms with E-state index in [0.717, 1.165) is 0 Å². The van der Waals surface area contributed by atoms with Gasteiger partial charge in [0.1, 0.15) is 0 Å². The summed E-state index contributed by atoms with van der Waals surface area (Å²) >= 11 is 0. The van der Waals surface area contributed by atoms with Crippen LogP contribution in [0.4, 0.5) is 17.1 Å². The van der Waals surface area contributed by atoms with E-state index in [4.69, 9.17) is 0 Å². The Bertz CT molecular complexity index is 803. The molecule has 0 spiro atoms. The average molecular weight is 342 g/mol. The number of nitro benzene ring substituents is 1. The van der Waals surface area contributed by atoms with Gasteiger partial charge in [0.2, 0.25) is 5.91 Å². The number of hydrogen-bond donors (Lipinski definition) is 3. The number of rotatable bonds is 6. The molecule has 2 aromatic carbocycles. The van der Waals surface area contributed by atoms with Gasteiger partial charge in [-0.1, -0.05) is 6.07 Å². The number of anilines is 2. The molecule has 2 amide bonds. The second-order valence-electron chi connectivity index (χ2n) is 5.27. The molecule has 0 saturated carbocycles. The maximum Gasteiger partial charge on any atom is 0.274 e. The molecule has 2 rings (SSSR count). The van der Waals surface area contributed by atoms with Crippen LogP contribution < -0.4 is 16.0 Å². The van der Waals surface area contributed by atoms with Crippen molar-refractivity contribution in [3.8, 4) is 0 Å². The minimum Gasteiger partial charge on any atom is -0.376 e. The zero-order valence-electron chi connectivity index (χ0n) is 13.8. The lowest BCUT2D eigenvalue weighted by Crippen LogP contribution is -2.22. The second-order valence-corrected chi connectivity index (χ2v) is 5.27. The van der Waals surface area contributed by atoms with Gasteiger partial charge in [-0.15, -0.1) is 0 Å². The van der Waals surface area contributed by atoms with E-state index in [1.54, 1.807) is 50.4 Å². The highest BCUT2D eigenvalue weighted by molar-refractivity contribution is 5.96. The molecule has 25 heavy (non-hydrogen) atoms. The Morgan fingerprint density at radius 1 is 1.12 bits per heavy atom. The van der Waals surface area contributed by atoms with E-state index in [1.807, 2.05) is 0 Å². The van der Waals surface area contributed by atoms with Crippen LogP contribution in [0.3, 0.4) is 0 Å². The fraction of sp³-hybridized carbons (Fsp3) is 0.176. The van der Waals surface area contributed by atoms with E-state index in [0.29, 0.717) is 22.5 Å². The first kappa shape index (κ1) is 17.9. The number of carbonyl (C=O) groups is 2. The van der Waals surface area contributed by atoms with Gasteiger partial charge in [-0.25, -0.2) is 0 Å². The quantitative estimate of drug-likeness (QED) is 0.551. The van der Waals surface area contributed by atoms with Crippen LogP contribution in [0.1, 0.15) is 15.9 Å². The van der Waals surface area contributed by atoms with Gasteiger partial charge in [-0.2, -0.15) is 0 Å². The predicted octanol–water partition coefficient (Wildman–Crippen LogP) is 2.31. The molecule has 8 heteroatoms. The van der Waals surface area contributed by atoms with Crippen molar-refractivity contribution in [2.75, 3.05) is 24.2 Å². The third-order valence-corrected chi connectivity index (χ3v) is 3.60. The first-order valence-corrected chi connectivity index (χ1v) is 7.52. The van der Waals surface area contributed by atoms with Crippen molar-refractivity contribution in [3.63, 3.8) is 0 Å². The lowest BCUT2D eigenvalue weighted by atomic mass is 10.1. The van der Waals surface area contributed by atoms with Crippen molar-refractivity contribution in [3.05, 3.63) is 63.7 Å². The lowest BCUT2D eigenvalue weighted by molar-refractivity contribution is -0.385. The fourth-order valence-corrected chi connectivity index (χ4v) is 2.24. The summed E-state index contributed by atoms with van der Waals surface area (Å²) in [6.45, 7) is 1.58.